The second-order valence-corrected chi connectivity index (χ2v) is 6.61. The van der Waals surface area contributed by atoms with Crippen LogP contribution in [0, 0.1) is 13.8 Å². The van der Waals surface area contributed by atoms with E-state index in [0.717, 1.165) is 16.8 Å². The maximum atomic E-state index is 11.9. The monoisotopic (exact) mass is 268 g/mol. The molecular weight excluding hydrogens is 252 g/mol. The number of sulfonamides is 1. The fraction of sp³-hybridized carbons (Fsp3) is 0.417. The van der Waals surface area contributed by atoms with Crippen LogP contribution in [0.25, 0.3) is 0 Å². The first kappa shape index (κ1) is 13.0. The van der Waals surface area contributed by atoms with Crippen LogP contribution in [0.15, 0.2) is 18.2 Å². The fourth-order valence-electron chi connectivity index (χ4n) is 2.25. The standard InChI is InChI=1S/C12H16N2O3S/c1-8-3-9(2)5-10(4-8)14-7-11(6-12(14)15)18(13,16)17/h3-5,11H,6-7H2,1-2H3,(H2,13,16,17). The minimum atomic E-state index is -3.66. The molecule has 1 aromatic carbocycles. The Balaban J connectivity index is 2.32. The van der Waals surface area contributed by atoms with E-state index in [1.807, 2.05) is 32.0 Å². The van der Waals surface area contributed by atoms with Gasteiger partial charge in [0.2, 0.25) is 15.9 Å². The fourth-order valence-corrected chi connectivity index (χ4v) is 2.98. The zero-order valence-electron chi connectivity index (χ0n) is 10.4. The van der Waals surface area contributed by atoms with E-state index in [1.54, 1.807) is 0 Å². The van der Waals surface area contributed by atoms with Gasteiger partial charge in [0.1, 0.15) is 5.25 Å². The molecular formula is C12H16N2O3S. The van der Waals surface area contributed by atoms with Gasteiger partial charge in [-0.05, 0) is 37.1 Å². The van der Waals surface area contributed by atoms with Crippen molar-refractivity contribution in [1.82, 2.24) is 0 Å². The number of aryl methyl sites for hydroxylation is 2. The normalized spacial score (nSPS) is 20.5. The highest BCUT2D eigenvalue weighted by atomic mass is 32.2. The van der Waals surface area contributed by atoms with E-state index < -0.39 is 15.3 Å². The Morgan fingerprint density at radius 3 is 2.22 bits per heavy atom. The third-order valence-corrected chi connectivity index (χ3v) is 4.32. The van der Waals surface area contributed by atoms with Crippen LogP contribution in [-0.4, -0.2) is 26.1 Å². The number of nitrogens with zero attached hydrogens (tertiary/aromatic N) is 1. The van der Waals surface area contributed by atoms with E-state index in [1.165, 1.54) is 4.90 Å². The molecule has 6 heteroatoms. The van der Waals surface area contributed by atoms with Crippen molar-refractivity contribution in [3.8, 4) is 0 Å². The minimum absolute atomic E-state index is 0.0359. The first-order valence-electron chi connectivity index (χ1n) is 5.67. The first-order chi connectivity index (χ1) is 8.27. The molecule has 1 aliphatic heterocycles. The van der Waals surface area contributed by atoms with Crippen LogP contribution in [-0.2, 0) is 14.8 Å². The third-order valence-electron chi connectivity index (χ3n) is 3.07. The van der Waals surface area contributed by atoms with E-state index in [4.69, 9.17) is 5.14 Å². The Morgan fingerprint density at radius 2 is 1.78 bits per heavy atom. The maximum Gasteiger partial charge on any atom is 0.228 e. The van der Waals surface area contributed by atoms with Crippen molar-refractivity contribution in [1.29, 1.82) is 0 Å². The van der Waals surface area contributed by atoms with Gasteiger partial charge in [-0.3, -0.25) is 4.79 Å². The average molecular weight is 268 g/mol. The molecule has 0 saturated carbocycles. The molecule has 2 rings (SSSR count). The molecule has 0 aliphatic carbocycles. The number of amides is 1. The molecule has 1 fully saturated rings. The lowest BCUT2D eigenvalue weighted by Crippen LogP contribution is -2.32. The molecule has 0 bridgehead atoms. The highest BCUT2D eigenvalue weighted by molar-refractivity contribution is 7.89. The van der Waals surface area contributed by atoms with Crippen molar-refractivity contribution in [3.05, 3.63) is 29.3 Å². The van der Waals surface area contributed by atoms with Crippen molar-refractivity contribution in [2.24, 2.45) is 5.14 Å². The molecule has 1 aromatic rings. The van der Waals surface area contributed by atoms with Crippen LogP contribution in [0.3, 0.4) is 0 Å². The topological polar surface area (TPSA) is 80.5 Å². The second kappa shape index (κ2) is 4.37. The van der Waals surface area contributed by atoms with Gasteiger partial charge in [-0.25, -0.2) is 13.6 Å². The summed E-state index contributed by atoms with van der Waals surface area (Å²) in [6.07, 6.45) is -0.0359. The molecule has 1 saturated heterocycles. The number of benzene rings is 1. The molecule has 1 heterocycles. The quantitative estimate of drug-likeness (QED) is 0.857. The van der Waals surface area contributed by atoms with E-state index in [-0.39, 0.29) is 18.9 Å². The lowest BCUT2D eigenvalue weighted by Gasteiger charge is -2.17. The van der Waals surface area contributed by atoms with Gasteiger partial charge < -0.3 is 4.90 Å². The van der Waals surface area contributed by atoms with Crippen molar-refractivity contribution >= 4 is 21.6 Å². The summed E-state index contributed by atoms with van der Waals surface area (Å²) >= 11 is 0. The lowest BCUT2D eigenvalue weighted by atomic mass is 10.1. The van der Waals surface area contributed by atoms with Crippen LogP contribution in [0.5, 0.6) is 0 Å². The Labute approximate surface area is 107 Å². The number of hydrogen-bond acceptors (Lipinski definition) is 3. The van der Waals surface area contributed by atoms with Gasteiger partial charge >= 0.3 is 0 Å². The van der Waals surface area contributed by atoms with Gasteiger partial charge in [-0.1, -0.05) is 6.07 Å². The Morgan fingerprint density at radius 1 is 1.22 bits per heavy atom. The van der Waals surface area contributed by atoms with Crippen molar-refractivity contribution in [2.45, 2.75) is 25.5 Å². The average Bonchev–Trinajstić information content (AvgIpc) is 2.58. The second-order valence-electron chi connectivity index (χ2n) is 4.77. The Bertz CT molecular complexity index is 575. The molecule has 0 aromatic heterocycles. The van der Waals surface area contributed by atoms with Gasteiger partial charge in [0.15, 0.2) is 0 Å². The molecule has 1 atom stereocenters. The van der Waals surface area contributed by atoms with Crippen molar-refractivity contribution < 1.29 is 13.2 Å². The zero-order valence-corrected chi connectivity index (χ0v) is 11.2. The number of rotatable bonds is 2. The number of carbonyl (C=O) groups is 1. The molecule has 5 nitrogen and oxygen atoms in total. The summed E-state index contributed by atoms with van der Waals surface area (Å²) in [6, 6.07) is 5.74. The van der Waals surface area contributed by atoms with E-state index in [0.29, 0.717) is 0 Å². The zero-order chi connectivity index (χ0) is 13.5. The number of carbonyl (C=O) groups excluding carboxylic acids is 1. The molecule has 1 amide bonds. The maximum absolute atomic E-state index is 11.9. The Hall–Kier alpha value is -1.40. The highest BCUT2D eigenvalue weighted by Crippen LogP contribution is 2.26. The first-order valence-corrected chi connectivity index (χ1v) is 7.28. The highest BCUT2D eigenvalue weighted by Gasteiger charge is 2.37. The van der Waals surface area contributed by atoms with Gasteiger partial charge in [-0.15, -0.1) is 0 Å². The van der Waals surface area contributed by atoms with Crippen molar-refractivity contribution in [3.63, 3.8) is 0 Å². The number of nitrogens with two attached hydrogens (primary N) is 1. The summed E-state index contributed by atoms with van der Waals surface area (Å²) in [4.78, 5) is 13.4. The van der Waals surface area contributed by atoms with Gasteiger partial charge in [-0.2, -0.15) is 0 Å². The predicted octanol–water partition coefficient (Wildman–Crippen LogP) is 0.697. The molecule has 0 spiro atoms. The third kappa shape index (κ3) is 2.54. The smallest absolute Gasteiger partial charge is 0.228 e. The molecule has 98 valence electrons. The Kier molecular flexibility index (Phi) is 3.16. The van der Waals surface area contributed by atoms with Crippen LogP contribution in [0.4, 0.5) is 5.69 Å². The summed E-state index contributed by atoms with van der Waals surface area (Å²) in [7, 11) is -3.66. The van der Waals surface area contributed by atoms with Gasteiger partial charge in [0, 0.05) is 18.7 Å². The summed E-state index contributed by atoms with van der Waals surface area (Å²) in [5.41, 5.74) is 2.82. The van der Waals surface area contributed by atoms with E-state index in [2.05, 4.69) is 0 Å². The van der Waals surface area contributed by atoms with Gasteiger partial charge in [0.05, 0.1) is 0 Å². The number of hydrogen-bond donors (Lipinski definition) is 1. The summed E-state index contributed by atoms with van der Waals surface area (Å²) in [5.74, 6) is -0.195. The molecule has 18 heavy (non-hydrogen) atoms. The largest absolute Gasteiger partial charge is 0.311 e. The van der Waals surface area contributed by atoms with Crippen LogP contribution < -0.4 is 10.0 Å². The lowest BCUT2D eigenvalue weighted by molar-refractivity contribution is -0.117. The van der Waals surface area contributed by atoms with Crippen LogP contribution >= 0.6 is 0 Å². The van der Waals surface area contributed by atoms with Crippen LogP contribution in [0.1, 0.15) is 17.5 Å². The van der Waals surface area contributed by atoms with E-state index in [9.17, 15) is 13.2 Å². The van der Waals surface area contributed by atoms with Gasteiger partial charge in [0.25, 0.3) is 0 Å². The molecule has 0 radical (unpaired) electrons. The van der Waals surface area contributed by atoms with Crippen molar-refractivity contribution in [2.75, 3.05) is 11.4 Å². The predicted molar refractivity (Wildman–Crippen MR) is 69.8 cm³/mol. The molecule has 2 N–H and O–H groups in total. The van der Waals surface area contributed by atoms with E-state index >= 15 is 0 Å². The van der Waals surface area contributed by atoms with Crippen LogP contribution in [0.2, 0.25) is 0 Å². The molecule has 1 unspecified atom stereocenters. The number of primary sulfonamides is 1. The molecule has 1 aliphatic rings. The summed E-state index contributed by atoms with van der Waals surface area (Å²) < 4.78 is 22.6. The summed E-state index contributed by atoms with van der Waals surface area (Å²) in [6.45, 7) is 4.02. The summed E-state index contributed by atoms with van der Waals surface area (Å²) in [5, 5.41) is 4.30. The minimum Gasteiger partial charge on any atom is -0.311 e. The SMILES string of the molecule is Cc1cc(C)cc(N2CC(S(N)(=O)=O)CC2=O)c1. The number of anilines is 1.